The number of amides is 1. The van der Waals surface area contributed by atoms with Crippen molar-refractivity contribution in [2.24, 2.45) is 0 Å². The number of carboxylic acid groups (broad SMARTS) is 1. The lowest BCUT2D eigenvalue weighted by molar-refractivity contribution is -0.116. The number of carboxylic acids is 1. The number of aromatic carboxylic acids is 1. The highest BCUT2D eigenvalue weighted by molar-refractivity contribution is 5.92. The summed E-state index contributed by atoms with van der Waals surface area (Å²) in [5, 5.41) is 25.0. The number of hydrogen-bond donors (Lipinski definition) is 2. The second-order valence-corrected chi connectivity index (χ2v) is 6.84. The van der Waals surface area contributed by atoms with Gasteiger partial charge in [-0.1, -0.05) is 0 Å². The maximum Gasteiger partial charge on any atom is 0.354 e. The SMILES string of the molecule is CCn1cc(Cn2nc(C)c(NC(=O)CCn3nccc3C(=O)O)c2C)c(C)n1. The van der Waals surface area contributed by atoms with Crippen LogP contribution in [0.3, 0.4) is 0 Å². The highest BCUT2D eigenvalue weighted by atomic mass is 16.4. The zero-order valence-corrected chi connectivity index (χ0v) is 17.0. The molecule has 29 heavy (non-hydrogen) atoms. The van der Waals surface area contributed by atoms with E-state index in [0.29, 0.717) is 12.2 Å². The maximum absolute atomic E-state index is 12.4. The Labute approximate surface area is 168 Å². The summed E-state index contributed by atoms with van der Waals surface area (Å²) in [7, 11) is 0. The fourth-order valence-corrected chi connectivity index (χ4v) is 3.17. The summed E-state index contributed by atoms with van der Waals surface area (Å²) >= 11 is 0. The van der Waals surface area contributed by atoms with E-state index in [1.165, 1.54) is 16.9 Å². The lowest BCUT2D eigenvalue weighted by Gasteiger charge is -2.08. The molecule has 0 aliphatic carbocycles. The summed E-state index contributed by atoms with van der Waals surface area (Å²) in [6, 6.07) is 1.40. The molecule has 0 fully saturated rings. The zero-order valence-electron chi connectivity index (χ0n) is 17.0. The van der Waals surface area contributed by atoms with Crippen molar-refractivity contribution < 1.29 is 14.7 Å². The van der Waals surface area contributed by atoms with Crippen LogP contribution in [0.5, 0.6) is 0 Å². The summed E-state index contributed by atoms with van der Waals surface area (Å²) in [5.74, 6) is -1.30. The number of aryl methyl sites for hydroxylation is 4. The summed E-state index contributed by atoms with van der Waals surface area (Å²) < 4.78 is 5.05. The van der Waals surface area contributed by atoms with Crippen molar-refractivity contribution in [3.63, 3.8) is 0 Å². The molecule has 0 aliphatic heterocycles. The van der Waals surface area contributed by atoms with Gasteiger partial charge in [0.05, 0.1) is 35.9 Å². The second kappa shape index (κ2) is 8.29. The standard InChI is InChI=1S/C19H25N7O3/c1-5-24-10-15(12(2)22-24)11-26-14(4)18(13(3)23-26)21-17(27)7-9-25-16(19(28)29)6-8-20-25/h6,8,10H,5,7,9,11H2,1-4H3,(H,21,27)(H,28,29). The van der Waals surface area contributed by atoms with Crippen LogP contribution in [0.2, 0.25) is 0 Å². The van der Waals surface area contributed by atoms with Crippen LogP contribution in [0, 0.1) is 20.8 Å². The van der Waals surface area contributed by atoms with E-state index < -0.39 is 5.97 Å². The molecule has 2 N–H and O–H groups in total. The summed E-state index contributed by atoms with van der Waals surface area (Å²) in [6.07, 6.45) is 3.52. The van der Waals surface area contributed by atoms with Gasteiger partial charge >= 0.3 is 5.97 Å². The Kier molecular flexibility index (Phi) is 5.81. The van der Waals surface area contributed by atoms with Gasteiger partial charge in [0.2, 0.25) is 5.91 Å². The van der Waals surface area contributed by atoms with Crippen LogP contribution in [0.1, 0.15) is 46.5 Å². The van der Waals surface area contributed by atoms with Crippen molar-refractivity contribution in [2.45, 2.75) is 53.8 Å². The van der Waals surface area contributed by atoms with Crippen molar-refractivity contribution in [3.05, 3.63) is 46.8 Å². The third-order valence-corrected chi connectivity index (χ3v) is 4.82. The molecule has 3 aromatic heterocycles. The average molecular weight is 399 g/mol. The zero-order chi connectivity index (χ0) is 21.1. The Morgan fingerprint density at radius 3 is 2.55 bits per heavy atom. The number of nitrogens with one attached hydrogen (secondary N) is 1. The first kappa shape index (κ1) is 20.3. The van der Waals surface area contributed by atoms with E-state index in [1.807, 2.05) is 43.3 Å². The van der Waals surface area contributed by atoms with Crippen LogP contribution in [0.15, 0.2) is 18.5 Å². The monoisotopic (exact) mass is 399 g/mol. The molecule has 3 heterocycles. The molecule has 3 aromatic rings. The smallest absolute Gasteiger partial charge is 0.354 e. The van der Waals surface area contributed by atoms with Crippen molar-refractivity contribution in [2.75, 3.05) is 5.32 Å². The van der Waals surface area contributed by atoms with Crippen LogP contribution in [-0.2, 0) is 24.4 Å². The average Bonchev–Trinajstić information content (AvgIpc) is 3.35. The number of rotatable bonds is 8. The molecule has 0 saturated carbocycles. The van der Waals surface area contributed by atoms with Crippen molar-refractivity contribution in [3.8, 4) is 0 Å². The highest BCUT2D eigenvalue weighted by Gasteiger charge is 2.17. The minimum atomic E-state index is -1.07. The van der Waals surface area contributed by atoms with Gasteiger partial charge in [-0.15, -0.1) is 0 Å². The van der Waals surface area contributed by atoms with Gasteiger partial charge in [-0.2, -0.15) is 15.3 Å². The molecule has 10 nitrogen and oxygen atoms in total. The lowest BCUT2D eigenvalue weighted by Crippen LogP contribution is -2.18. The van der Waals surface area contributed by atoms with E-state index in [0.717, 1.165) is 29.2 Å². The van der Waals surface area contributed by atoms with Crippen molar-refractivity contribution >= 4 is 17.6 Å². The Bertz CT molecular complexity index is 1040. The number of nitrogens with zero attached hydrogens (tertiary/aromatic N) is 6. The van der Waals surface area contributed by atoms with E-state index in [9.17, 15) is 9.59 Å². The minimum Gasteiger partial charge on any atom is -0.477 e. The minimum absolute atomic E-state index is 0.0565. The largest absolute Gasteiger partial charge is 0.477 e. The Hall–Kier alpha value is -3.43. The van der Waals surface area contributed by atoms with Crippen molar-refractivity contribution in [1.29, 1.82) is 0 Å². The van der Waals surface area contributed by atoms with Crippen LogP contribution < -0.4 is 5.32 Å². The van der Waals surface area contributed by atoms with E-state index in [1.54, 1.807) is 0 Å². The maximum atomic E-state index is 12.4. The second-order valence-electron chi connectivity index (χ2n) is 6.84. The van der Waals surface area contributed by atoms with Crippen LogP contribution in [-0.4, -0.2) is 46.3 Å². The summed E-state index contributed by atoms with van der Waals surface area (Å²) in [5.41, 5.74) is 4.34. The summed E-state index contributed by atoms with van der Waals surface area (Å²) in [6.45, 7) is 9.32. The van der Waals surface area contributed by atoms with Gasteiger partial charge in [-0.05, 0) is 33.8 Å². The van der Waals surface area contributed by atoms with Crippen LogP contribution in [0.25, 0.3) is 0 Å². The normalized spacial score (nSPS) is 11.0. The molecule has 0 aliphatic rings. The van der Waals surface area contributed by atoms with Gasteiger partial charge in [-0.3, -0.25) is 18.8 Å². The molecule has 3 rings (SSSR count). The Balaban J connectivity index is 1.68. The fourth-order valence-electron chi connectivity index (χ4n) is 3.17. The highest BCUT2D eigenvalue weighted by Crippen LogP contribution is 2.21. The molecule has 0 aromatic carbocycles. The topological polar surface area (TPSA) is 120 Å². The number of aromatic nitrogens is 6. The number of hydrogen-bond acceptors (Lipinski definition) is 5. The van der Waals surface area contributed by atoms with Crippen LogP contribution >= 0.6 is 0 Å². The molecular weight excluding hydrogens is 374 g/mol. The van der Waals surface area contributed by atoms with Gasteiger partial charge in [0.15, 0.2) is 0 Å². The molecule has 0 saturated heterocycles. The number of carbonyl (C=O) groups excluding carboxylic acids is 1. The van der Waals surface area contributed by atoms with Gasteiger partial charge in [0, 0.05) is 30.9 Å². The summed E-state index contributed by atoms with van der Waals surface area (Å²) in [4.78, 5) is 23.5. The van der Waals surface area contributed by atoms with E-state index >= 15 is 0 Å². The quantitative estimate of drug-likeness (QED) is 0.598. The first-order valence-corrected chi connectivity index (χ1v) is 9.42. The third kappa shape index (κ3) is 4.36. The molecular formula is C19H25N7O3. The van der Waals surface area contributed by atoms with Gasteiger partial charge < -0.3 is 10.4 Å². The first-order chi connectivity index (χ1) is 13.8. The van der Waals surface area contributed by atoms with E-state index in [2.05, 4.69) is 20.6 Å². The van der Waals surface area contributed by atoms with Gasteiger partial charge in [0.25, 0.3) is 0 Å². The molecule has 154 valence electrons. The molecule has 0 atom stereocenters. The predicted molar refractivity (Wildman–Crippen MR) is 106 cm³/mol. The number of carbonyl (C=O) groups is 2. The van der Waals surface area contributed by atoms with E-state index in [4.69, 9.17) is 5.11 Å². The fraction of sp³-hybridized carbons (Fsp3) is 0.421. The van der Waals surface area contributed by atoms with Crippen LogP contribution in [0.4, 0.5) is 5.69 Å². The lowest BCUT2D eigenvalue weighted by atomic mass is 10.2. The van der Waals surface area contributed by atoms with E-state index in [-0.39, 0.29) is 24.6 Å². The molecule has 0 bridgehead atoms. The number of anilines is 1. The molecule has 10 heteroatoms. The molecule has 1 amide bonds. The van der Waals surface area contributed by atoms with Crippen molar-refractivity contribution in [1.82, 2.24) is 29.3 Å². The van der Waals surface area contributed by atoms with Gasteiger partial charge in [0.1, 0.15) is 5.69 Å². The molecule has 0 unspecified atom stereocenters. The Morgan fingerprint density at radius 1 is 1.14 bits per heavy atom. The Morgan fingerprint density at radius 2 is 1.90 bits per heavy atom. The first-order valence-electron chi connectivity index (χ1n) is 9.42. The third-order valence-electron chi connectivity index (χ3n) is 4.82. The predicted octanol–water partition coefficient (Wildman–Crippen LogP) is 2.00. The van der Waals surface area contributed by atoms with Gasteiger partial charge in [-0.25, -0.2) is 4.79 Å². The molecule has 0 radical (unpaired) electrons. The molecule has 0 spiro atoms.